The van der Waals surface area contributed by atoms with Crippen molar-refractivity contribution in [2.45, 2.75) is 57.5 Å². The molecule has 13 nitrogen and oxygen atoms in total. The van der Waals surface area contributed by atoms with Crippen LogP contribution in [0, 0.1) is 0 Å². The van der Waals surface area contributed by atoms with Crippen LogP contribution in [0.1, 0.15) is 20.8 Å². The third-order valence-electron chi connectivity index (χ3n) is 4.86. The summed E-state index contributed by atoms with van der Waals surface area (Å²) in [6, 6.07) is 7.08. The van der Waals surface area contributed by atoms with Gasteiger partial charge in [0.2, 0.25) is 0 Å². The van der Waals surface area contributed by atoms with Crippen LogP contribution in [-0.2, 0) is 28.2 Å². The average molecular weight is 512 g/mol. The highest BCUT2D eigenvalue weighted by Crippen LogP contribution is 2.45. The lowest BCUT2D eigenvalue weighted by atomic mass is 10.1. The Labute approximate surface area is 202 Å². The number of para-hydroxylation sites is 1. The zero-order valence-electron chi connectivity index (χ0n) is 19.4. The lowest BCUT2D eigenvalue weighted by molar-refractivity contribution is -0.149. The van der Waals surface area contributed by atoms with E-state index in [1.54, 1.807) is 44.2 Å². The van der Waals surface area contributed by atoms with E-state index in [2.05, 4.69) is 22.1 Å². The SMILES string of the molecule is C=C1NC(=O)C=NN1[C@@H]1O[C@H](CO[P@@](=O)(N[C@@H](C)C(=O)OC(C)C)Oc2ccccc2)C(O)[C@@H]1O. The minimum Gasteiger partial charge on any atom is -0.462 e. The van der Waals surface area contributed by atoms with Crippen LogP contribution in [0.4, 0.5) is 0 Å². The molecule has 6 atom stereocenters. The minimum absolute atomic E-state index is 0.0348. The number of carbonyl (C=O) groups excluding carboxylic acids is 2. The number of carbonyl (C=O) groups is 2. The summed E-state index contributed by atoms with van der Waals surface area (Å²) in [6.07, 6.45) is -4.72. The molecule has 192 valence electrons. The molecule has 0 saturated carbocycles. The first-order valence-electron chi connectivity index (χ1n) is 10.8. The van der Waals surface area contributed by atoms with Gasteiger partial charge in [-0.2, -0.15) is 10.2 Å². The van der Waals surface area contributed by atoms with E-state index in [9.17, 15) is 24.4 Å². The Morgan fingerprint density at radius 3 is 2.60 bits per heavy atom. The summed E-state index contributed by atoms with van der Waals surface area (Å²) in [6.45, 7) is 7.93. The Morgan fingerprint density at radius 1 is 1.29 bits per heavy atom. The third kappa shape index (κ3) is 6.88. The molecule has 1 unspecified atom stereocenters. The molecule has 1 aromatic carbocycles. The van der Waals surface area contributed by atoms with E-state index in [0.717, 1.165) is 11.2 Å². The van der Waals surface area contributed by atoms with Crippen molar-refractivity contribution in [2.75, 3.05) is 6.61 Å². The molecule has 3 rings (SSSR count). The first-order chi connectivity index (χ1) is 16.5. The van der Waals surface area contributed by atoms with Crippen molar-refractivity contribution in [2.24, 2.45) is 5.10 Å². The molecule has 0 spiro atoms. The highest BCUT2D eigenvalue weighted by atomic mass is 31.2. The fourth-order valence-electron chi connectivity index (χ4n) is 3.21. The number of aliphatic hydroxyl groups is 2. The first kappa shape index (κ1) is 26.8. The largest absolute Gasteiger partial charge is 0.462 e. The number of hydrogen-bond acceptors (Lipinski definition) is 11. The molecule has 2 aliphatic heterocycles. The number of hydrogen-bond donors (Lipinski definition) is 4. The Balaban J connectivity index is 1.72. The van der Waals surface area contributed by atoms with Gasteiger partial charge in [-0.05, 0) is 32.9 Å². The summed E-state index contributed by atoms with van der Waals surface area (Å²) in [5.74, 6) is -0.938. The van der Waals surface area contributed by atoms with Gasteiger partial charge in [-0.25, -0.2) is 9.57 Å². The van der Waals surface area contributed by atoms with Crippen LogP contribution in [-0.4, -0.2) is 76.6 Å². The molecule has 1 aromatic rings. The van der Waals surface area contributed by atoms with E-state index in [-0.39, 0.29) is 17.7 Å². The van der Waals surface area contributed by atoms with Gasteiger partial charge in [0.1, 0.15) is 42.1 Å². The van der Waals surface area contributed by atoms with Crippen LogP contribution in [0.15, 0.2) is 47.8 Å². The zero-order valence-corrected chi connectivity index (χ0v) is 20.3. The molecular weight excluding hydrogens is 483 g/mol. The molecule has 0 bridgehead atoms. The highest BCUT2D eigenvalue weighted by molar-refractivity contribution is 7.52. The van der Waals surface area contributed by atoms with Gasteiger partial charge in [-0.15, -0.1) is 0 Å². The van der Waals surface area contributed by atoms with E-state index >= 15 is 0 Å². The number of ether oxygens (including phenoxy) is 2. The van der Waals surface area contributed by atoms with Crippen LogP contribution in [0.5, 0.6) is 5.75 Å². The molecule has 1 fully saturated rings. The summed E-state index contributed by atoms with van der Waals surface area (Å²) in [4.78, 5) is 23.6. The maximum atomic E-state index is 13.5. The summed E-state index contributed by atoms with van der Waals surface area (Å²) in [5, 5.41) is 30.8. The predicted octanol–water partition coefficient (Wildman–Crippen LogP) is 0.455. The Hall–Kier alpha value is -2.80. The van der Waals surface area contributed by atoms with Crippen molar-refractivity contribution in [1.82, 2.24) is 15.4 Å². The van der Waals surface area contributed by atoms with Gasteiger partial charge >= 0.3 is 13.7 Å². The van der Waals surface area contributed by atoms with Crippen molar-refractivity contribution >= 4 is 25.8 Å². The number of benzene rings is 1. The summed E-state index contributed by atoms with van der Waals surface area (Å²) < 4.78 is 35.4. The maximum absolute atomic E-state index is 13.5. The van der Waals surface area contributed by atoms with Crippen LogP contribution in [0.25, 0.3) is 0 Å². The van der Waals surface area contributed by atoms with Crippen molar-refractivity contribution in [3.8, 4) is 5.75 Å². The van der Waals surface area contributed by atoms with Crippen molar-refractivity contribution < 1.29 is 42.9 Å². The lowest BCUT2D eigenvalue weighted by Gasteiger charge is -2.30. The molecule has 4 N–H and O–H groups in total. The second kappa shape index (κ2) is 11.3. The normalized spacial score (nSPS) is 26.9. The van der Waals surface area contributed by atoms with Gasteiger partial charge < -0.3 is 29.5 Å². The predicted molar refractivity (Wildman–Crippen MR) is 123 cm³/mol. The number of esters is 1. The molecular formula is C21H29N4O9P. The Bertz CT molecular complexity index is 1010. The number of nitrogens with zero attached hydrogens (tertiary/aromatic N) is 2. The van der Waals surface area contributed by atoms with Gasteiger partial charge in [0.15, 0.2) is 6.23 Å². The van der Waals surface area contributed by atoms with E-state index < -0.39 is 56.8 Å². The molecule has 1 saturated heterocycles. The zero-order chi connectivity index (χ0) is 25.8. The maximum Gasteiger partial charge on any atom is 0.459 e. The van der Waals surface area contributed by atoms with Crippen LogP contribution in [0.2, 0.25) is 0 Å². The molecule has 2 heterocycles. The van der Waals surface area contributed by atoms with Crippen molar-refractivity contribution in [3.63, 3.8) is 0 Å². The second-order valence-corrected chi connectivity index (χ2v) is 9.80. The van der Waals surface area contributed by atoms with E-state index in [0.29, 0.717) is 0 Å². The number of aliphatic hydroxyl groups excluding tert-OH is 2. The molecule has 0 radical (unpaired) electrons. The third-order valence-corrected chi connectivity index (χ3v) is 6.50. The summed E-state index contributed by atoms with van der Waals surface area (Å²) in [5.41, 5.74) is 0. The summed E-state index contributed by atoms with van der Waals surface area (Å²) in [7, 11) is -4.21. The number of hydrazone groups is 1. The van der Waals surface area contributed by atoms with Crippen LogP contribution < -0.4 is 14.9 Å². The number of nitrogens with one attached hydrogen (secondary N) is 2. The molecule has 14 heteroatoms. The molecule has 0 aromatic heterocycles. The summed E-state index contributed by atoms with van der Waals surface area (Å²) >= 11 is 0. The average Bonchev–Trinajstić information content (AvgIpc) is 3.06. The minimum atomic E-state index is -4.21. The molecule has 2 aliphatic rings. The smallest absolute Gasteiger partial charge is 0.459 e. The quantitative estimate of drug-likeness (QED) is 0.254. The van der Waals surface area contributed by atoms with E-state index in [1.165, 1.54) is 6.92 Å². The first-order valence-corrected chi connectivity index (χ1v) is 12.4. The topological polar surface area (TPSA) is 168 Å². The van der Waals surface area contributed by atoms with Gasteiger partial charge in [-0.3, -0.25) is 14.1 Å². The van der Waals surface area contributed by atoms with Gasteiger partial charge in [0, 0.05) is 0 Å². The fraction of sp³-hybridized carbons (Fsp3) is 0.476. The van der Waals surface area contributed by atoms with Crippen LogP contribution >= 0.6 is 7.75 Å². The van der Waals surface area contributed by atoms with Gasteiger partial charge in [-0.1, -0.05) is 24.8 Å². The Kier molecular flexibility index (Phi) is 8.65. The van der Waals surface area contributed by atoms with Crippen molar-refractivity contribution in [1.29, 1.82) is 0 Å². The van der Waals surface area contributed by atoms with E-state index in [4.69, 9.17) is 18.5 Å². The number of rotatable bonds is 10. The lowest BCUT2D eigenvalue weighted by Crippen LogP contribution is -2.47. The molecule has 0 aliphatic carbocycles. The van der Waals surface area contributed by atoms with Crippen molar-refractivity contribution in [3.05, 3.63) is 42.7 Å². The monoisotopic (exact) mass is 512 g/mol. The highest BCUT2D eigenvalue weighted by Gasteiger charge is 2.48. The van der Waals surface area contributed by atoms with Gasteiger partial charge in [0.25, 0.3) is 5.91 Å². The number of amides is 1. The van der Waals surface area contributed by atoms with Crippen LogP contribution in [0.3, 0.4) is 0 Å². The second-order valence-electron chi connectivity index (χ2n) is 8.11. The molecule has 1 amide bonds. The fourth-order valence-corrected chi connectivity index (χ4v) is 4.71. The molecule has 35 heavy (non-hydrogen) atoms. The Morgan fingerprint density at radius 2 is 1.97 bits per heavy atom. The van der Waals surface area contributed by atoms with Gasteiger partial charge in [0.05, 0.1) is 12.7 Å². The van der Waals surface area contributed by atoms with E-state index in [1.807, 2.05) is 0 Å². The standard InChI is InChI=1S/C21H29N4O9P/c1-12(2)32-21(29)13(3)24-35(30,34-15-8-6-5-7-9-15)31-11-16-18(27)19(28)20(33-16)25-14(4)23-17(26)10-22-25/h5-10,12-13,16,18-20,27-28H,4,11H2,1-3H3,(H,23,26)(H,24,30)/t13-,16+,18?,19-,20+,35-/m0/s1.